The van der Waals surface area contributed by atoms with Crippen LogP contribution in [-0.2, 0) is 20.8 Å². The Kier molecular flexibility index (Phi) is 3.27. The fraction of sp³-hybridized carbons (Fsp3) is 0.333. The first kappa shape index (κ1) is 12.3. The highest BCUT2D eigenvalue weighted by molar-refractivity contribution is 5.81. The summed E-state index contributed by atoms with van der Waals surface area (Å²) in [6.45, 7) is 3.11. The Morgan fingerprint density at radius 2 is 1.95 bits per heavy atom. The van der Waals surface area contributed by atoms with Gasteiger partial charge in [-0.05, 0) is 11.5 Å². The molecule has 0 radical (unpaired) electrons. The SMILES string of the molecule is CC(=O)C[n+]1cc2ccccc2cc1C1OCCO1. The van der Waals surface area contributed by atoms with Crippen LogP contribution in [0.5, 0.6) is 0 Å². The number of aromatic nitrogens is 1. The molecular formula is C15H16NO3+. The lowest BCUT2D eigenvalue weighted by Crippen LogP contribution is -2.42. The molecule has 19 heavy (non-hydrogen) atoms. The quantitative estimate of drug-likeness (QED) is 0.788. The van der Waals surface area contributed by atoms with E-state index < -0.39 is 0 Å². The predicted molar refractivity (Wildman–Crippen MR) is 69.5 cm³/mol. The smallest absolute Gasteiger partial charge is 0.245 e. The largest absolute Gasteiger partial charge is 0.341 e. The average Bonchev–Trinajstić information content (AvgIpc) is 2.91. The van der Waals surface area contributed by atoms with Gasteiger partial charge in [0, 0.05) is 18.4 Å². The Balaban J connectivity index is 2.11. The first-order valence-corrected chi connectivity index (χ1v) is 6.39. The van der Waals surface area contributed by atoms with Crippen molar-refractivity contribution in [2.24, 2.45) is 0 Å². The van der Waals surface area contributed by atoms with Crippen molar-refractivity contribution in [1.29, 1.82) is 0 Å². The van der Waals surface area contributed by atoms with Crippen molar-refractivity contribution >= 4 is 16.6 Å². The monoisotopic (exact) mass is 258 g/mol. The molecule has 0 spiro atoms. The molecule has 4 heteroatoms. The number of hydrogen-bond donors (Lipinski definition) is 0. The lowest BCUT2D eigenvalue weighted by molar-refractivity contribution is -0.696. The molecule has 0 saturated carbocycles. The number of Topliss-reactive ketones (excluding diaryl/α,β-unsaturated/α-hetero) is 1. The van der Waals surface area contributed by atoms with Crippen LogP contribution >= 0.6 is 0 Å². The fourth-order valence-electron chi connectivity index (χ4n) is 2.35. The van der Waals surface area contributed by atoms with Gasteiger partial charge in [-0.1, -0.05) is 18.2 Å². The molecule has 4 nitrogen and oxygen atoms in total. The molecule has 0 aliphatic carbocycles. The summed E-state index contributed by atoms with van der Waals surface area (Å²) < 4.78 is 13.0. The van der Waals surface area contributed by atoms with Crippen molar-refractivity contribution in [2.45, 2.75) is 19.8 Å². The van der Waals surface area contributed by atoms with Gasteiger partial charge in [-0.3, -0.25) is 4.79 Å². The molecule has 1 fully saturated rings. The summed E-state index contributed by atoms with van der Waals surface area (Å²) in [6, 6.07) is 10.1. The molecule has 0 unspecified atom stereocenters. The molecule has 2 aromatic rings. The predicted octanol–water partition coefficient (Wildman–Crippen LogP) is 1.76. The highest BCUT2D eigenvalue weighted by atomic mass is 16.7. The van der Waals surface area contributed by atoms with E-state index in [9.17, 15) is 4.79 Å². The van der Waals surface area contributed by atoms with E-state index in [-0.39, 0.29) is 12.1 Å². The topological polar surface area (TPSA) is 39.4 Å². The minimum Gasteiger partial charge on any atom is -0.341 e. The van der Waals surface area contributed by atoms with Gasteiger partial charge in [-0.15, -0.1) is 0 Å². The molecule has 1 aromatic carbocycles. The number of ether oxygens (including phenoxy) is 2. The lowest BCUT2D eigenvalue weighted by Gasteiger charge is -2.09. The number of hydrogen-bond acceptors (Lipinski definition) is 3. The lowest BCUT2D eigenvalue weighted by atomic mass is 10.1. The molecule has 0 bridgehead atoms. The van der Waals surface area contributed by atoms with E-state index in [0.29, 0.717) is 19.8 Å². The summed E-state index contributed by atoms with van der Waals surface area (Å²) >= 11 is 0. The van der Waals surface area contributed by atoms with Gasteiger partial charge in [-0.2, -0.15) is 4.57 Å². The third kappa shape index (κ3) is 2.50. The normalized spacial score (nSPS) is 16.1. The van der Waals surface area contributed by atoms with Crippen LogP contribution in [0.4, 0.5) is 0 Å². The van der Waals surface area contributed by atoms with Crippen molar-refractivity contribution in [3.05, 3.63) is 42.2 Å². The van der Waals surface area contributed by atoms with Crippen LogP contribution in [0.15, 0.2) is 36.5 Å². The number of nitrogens with zero attached hydrogens (tertiary/aromatic N) is 1. The molecule has 3 rings (SSSR count). The number of ketones is 1. The van der Waals surface area contributed by atoms with Gasteiger partial charge >= 0.3 is 0 Å². The van der Waals surface area contributed by atoms with Gasteiger partial charge in [0.15, 0.2) is 12.0 Å². The van der Waals surface area contributed by atoms with Gasteiger partial charge < -0.3 is 9.47 Å². The molecule has 2 heterocycles. The zero-order valence-electron chi connectivity index (χ0n) is 10.8. The van der Waals surface area contributed by atoms with Crippen molar-refractivity contribution in [1.82, 2.24) is 0 Å². The number of benzene rings is 1. The second-order valence-corrected chi connectivity index (χ2v) is 4.73. The second kappa shape index (κ2) is 5.07. The summed E-state index contributed by atoms with van der Waals surface area (Å²) in [5.41, 5.74) is 0.895. The third-order valence-electron chi connectivity index (χ3n) is 3.18. The Bertz CT molecular complexity index is 618. The Labute approximate surface area is 111 Å². The van der Waals surface area contributed by atoms with Gasteiger partial charge in [0.25, 0.3) is 0 Å². The van der Waals surface area contributed by atoms with E-state index >= 15 is 0 Å². The van der Waals surface area contributed by atoms with Crippen molar-refractivity contribution in [3.63, 3.8) is 0 Å². The highest BCUT2D eigenvalue weighted by Gasteiger charge is 2.28. The summed E-state index contributed by atoms with van der Waals surface area (Å²) in [5.74, 6) is 0.111. The van der Waals surface area contributed by atoms with E-state index in [2.05, 4.69) is 0 Å². The second-order valence-electron chi connectivity index (χ2n) is 4.73. The third-order valence-corrected chi connectivity index (χ3v) is 3.18. The van der Waals surface area contributed by atoms with E-state index in [1.165, 1.54) is 0 Å². The van der Waals surface area contributed by atoms with Crippen molar-refractivity contribution < 1.29 is 18.8 Å². The Hall–Kier alpha value is -1.78. The van der Waals surface area contributed by atoms with Crippen LogP contribution in [0, 0.1) is 0 Å². The van der Waals surface area contributed by atoms with Gasteiger partial charge in [0.05, 0.1) is 13.2 Å². The van der Waals surface area contributed by atoms with Crippen LogP contribution in [-0.4, -0.2) is 19.0 Å². The van der Waals surface area contributed by atoms with Crippen LogP contribution in [0.25, 0.3) is 10.8 Å². The molecular weight excluding hydrogens is 242 g/mol. The first-order valence-electron chi connectivity index (χ1n) is 6.39. The number of carbonyl (C=O) groups is 1. The summed E-state index contributed by atoms with van der Waals surface area (Å²) in [6.07, 6.45) is 1.61. The van der Waals surface area contributed by atoms with Gasteiger partial charge in [0.2, 0.25) is 18.5 Å². The van der Waals surface area contributed by atoms with Crippen LogP contribution in [0.2, 0.25) is 0 Å². The first-order chi connectivity index (χ1) is 9.24. The maximum absolute atomic E-state index is 11.4. The Morgan fingerprint density at radius 3 is 2.63 bits per heavy atom. The molecule has 0 amide bonds. The fourth-order valence-corrected chi connectivity index (χ4v) is 2.35. The zero-order chi connectivity index (χ0) is 13.2. The number of fused-ring (bicyclic) bond motifs is 1. The van der Waals surface area contributed by atoms with Gasteiger partial charge in [0.1, 0.15) is 0 Å². The maximum atomic E-state index is 11.4. The number of carbonyl (C=O) groups excluding carboxylic acids is 1. The molecule has 1 saturated heterocycles. The molecule has 0 atom stereocenters. The summed E-state index contributed by atoms with van der Waals surface area (Å²) in [5, 5.41) is 2.22. The molecule has 1 aliphatic heterocycles. The van der Waals surface area contributed by atoms with E-state index in [0.717, 1.165) is 16.5 Å². The Morgan fingerprint density at radius 1 is 1.26 bits per heavy atom. The minimum atomic E-state index is -0.371. The highest BCUT2D eigenvalue weighted by Crippen LogP contribution is 2.23. The zero-order valence-corrected chi connectivity index (χ0v) is 10.8. The van der Waals surface area contributed by atoms with E-state index in [1.807, 2.05) is 41.1 Å². The van der Waals surface area contributed by atoms with Crippen LogP contribution < -0.4 is 4.57 Å². The average molecular weight is 258 g/mol. The van der Waals surface area contributed by atoms with Gasteiger partial charge in [-0.25, -0.2) is 0 Å². The summed E-state index contributed by atoms with van der Waals surface area (Å²) in [7, 11) is 0. The molecule has 98 valence electrons. The molecule has 0 N–H and O–H groups in total. The molecule has 1 aliphatic rings. The van der Waals surface area contributed by atoms with E-state index in [4.69, 9.17) is 9.47 Å². The van der Waals surface area contributed by atoms with Crippen LogP contribution in [0.3, 0.4) is 0 Å². The number of rotatable bonds is 3. The standard InChI is InChI=1S/C15H16NO3/c1-11(17)9-16-10-13-5-3-2-4-12(13)8-14(16)15-18-6-7-19-15/h2-5,8,10,15H,6-7,9H2,1H3/q+1. The van der Waals surface area contributed by atoms with Crippen LogP contribution in [0.1, 0.15) is 18.9 Å². The molecule has 1 aromatic heterocycles. The number of pyridine rings is 1. The minimum absolute atomic E-state index is 0.111. The summed E-state index contributed by atoms with van der Waals surface area (Å²) in [4.78, 5) is 11.4. The van der Waals surface area contributed by atoms with Crippen molar-refractivity contribution in [3.8, 4) is 0 Å². The van der Waals surface area contributed by atoms with Crippen molar-refractivity contribution in [2.75, 3.05) is 13.2 Å². The van der Waals surface area contributed by atoms with E-state index in [1.54, 1.807) is 6.92 Å². The maximum Gasteiger partial charge on any atom is 0.245 e.